The molecule has 0 radical (unpaired) electrons. The average molecular weight is 265 g/mol. The smallest absolute Gasteiger partial charge is 0.242 e. The molecule has 4 bridgehead atoms. The van der Waals surface area contributed by atoms with E-state index >= 15 is 0 Å². The topological polar surface area (TPSA) is 84.2 Å². The Morgan fingerprint density at radius 3 is 2.05 bits per heavy atom. The first-order chi connectivity index (χ1) is 9.17. The van der Waals surface area contributed by atoms with Crippen LogP contribution in [-0.2, 0) is 9.59 Å². The first-order valence-electron chi connectivity index (χ1n) is 7.46. The van der Waals surface area contributed by atoms with Crippen molar-refractivity contribution < 1.29 is 9.59 Å². The van der Waals surface area contributed by atoms with E-state index in [1.807, 2.05) is 0 Å². The van der Waals surface area contributed by atoms with E-state index in [1.165, 1.54) is 32.1 Å². The van der Waals surface area contributed by atoms with Gasteiger partial charge in [-0.25, -0.2) is 0 Å². The Bertz CT molecular complexity index is 355. The summed E-state index contributed by atoms with van der Waals surface area (Å²) >= 11 is 0. The lowest BCUT2D eigenvalue weighted by Crippen LogP contribution is -2.54. The van der Waals surface area contributed by atoms with E-state index in [0.29, 0.717) is 18.4 Å². The molecule has 4 aliphatic rings. The van der Waals surface area contributed by atoms with Gasteiger partial charge in [0.1, 0.15) is 0 Å². The van der Waals surface area contributed by atoms with Crippen LogP contribution in [0.3, 0.4) is 0 Å². The summed E-state index contributed by atoms with van der Waals surface area (Å²) in [6.45, 7) is 0.305. The van der Waals surface area contributed by atoms with E-state index in [0.717, 1.165) is 11.8 Å². The molecule has 0 atom stereocenters. The molecule has 0 unspecified atom stereocenters. The van der Waals surface area contributed by atoms with Gasteiger partial charge < -0.3 is 5.73 Å². The monoisotopic (exact) mass is 265 g/mol. The van der Waals surface area contributed by atoms with Crippen molar-refractivity contribution in [3.8, 4) is 0 Å². The van der Waals surface area contributed by atoms with Crippen LogP contribution in [0.25, 0.3) is 0 Å². The predicted molar refractivity (Wildman–Crippen MR) is 70.5 cm³/mol. The lowest BCUT2D eigenvalue weighted by atomic mass is 9.52. The third-order valence-corrected chi connectivity index (χ3v) is 5.23. The van der Waals surface area contributed by atoms with Crippen molar-refractivity contribution >= 4 is 11.8 Å². The maximum atomic E-state index is 12.3. The summed E-state index contributed by atoms with van der Waals surface area (Å²) in [7, 11) is 0. The molecule has 0 heterocycles. The van der Waals surface area contributed by atoms with Gasteiger partial charge in [-0.05, 0) is 55.8 Å². The van der Waals surface area contributed by atoms with E-state index in [4.69, 9.17) is 5.73 Å². The van der Waals surface area contributed by atoms with Gasteiger partial charge in [0.05, 0.1) is 0 Å². The first kappa shape index (κ1) is 12.9. The maximum Gasteiger partial charge on any atom is 0.242 e. The van der Waals surface area contributed by atoms with E-state index in [-0.39, 0.29) is 24.2 Å². The van der Waals surface area contributed by atoms with Crippen LogP contribution in [0.4, 0.5) is 0 Å². The number of carbonyl (C=O) groups excluding carboxylic acids is 2. The molecule has 5 nitrogen and oxygen atoms in total. The number of amides is 2. The van der Waals surface area contributed by atoms with Gasteiger partial charge >= 0.3 is 0 Å². The SMILES string of the molecule is NCCC(=O)NNC(=O)C1C2CC3CC(C2)CC1C3. The molecule has 4 saturated carbocycles. The van der Waals surface area contributed by atoms with Gasteiger partial charge in [0, 0.05) is 18.9 Å². The molecule has 0 aliphatic heterocycles. The molecule has 19 heavy (non-hydrogen) atoms. The van der Waals surface area contributed by atoms with Crippen molar-refractivity contribution in [2.24, 2.45) is 35.3 Å². The number of hydrazine groups is 1. The second-order valence-corrected chi connectivity index (χ2v) is 6.53. The summed E-state index contributed by atoms with van der Waals surface area (Å²) in [6.07, 6.45) is 6.48. The van der Waals surface area contributed by atoms with Gasteiger partial charge in [0.2, 0.25) is 11.8 Å². The van der Waals surface area contributed by atoms with Crippen LogP contribution in [0.1, 0.15) is 38.5 Å². The Kier molecular flexibility index (Phi) is 3.48. The van der Waals surface area contributed by atoms with Crippen LogP contribution in [0.5, 0.6) is 0 Å². The fraction of sp³-hybridized carbons (Fsp3) is 0.857. The Morgan fingerprint density at radius 2 is 1.53 bits per heavy atom. The molecule has 106 valence electrons. The van der Waals surface area contributed by atoms with Gasteiger partial charge in [-0.2, -0.15) is 0 Å². The van der Waals surface area contributed by atoms with Crippen LogP contribution in [0.15, 0.2) is 0 Å². The summed E-state index contributed by atoms with van der Waals surface area (Å²) in [5, 5.41) is 0. The maximum absolute atomic E-state index is 12.3. The standard InChI is InChI=1S/C14H23N3O2/c15-2-1-12(18)16-17-14(19)13-10-4-8-3-9(6-10)7-11(13)5-8/h8-11,13H,1-7,15H2,(H,16,18)(H,17,19). The van der Waals surface area contributed by atoms with Crippen molar-refractivity contribution in [2.45, 2.75) is 38.5 Å². The molecule has 0 aromatic heterocycles. The van der Waals surface area contributed by atoms with E-state index in [9.17, 15) is 9.59 Å². The number of carbonyl (C=O) groups is 2. The van der Waals surface area contributed by atoms with Gasteiger partial charge in [0.25, 0.3) is 0 Å². The first-order valence-corrected chi connectivity index (χ1v) is 7.46. The number of hydrogen-bond donors (Lipinski definition) is 3. The lowest BCUT2D eigenvalue weighted by molar-refractivity contribution is -0.141. The highest BCUT2D eigenvalue weighted by Crippen LogP contribution is 2.56. The minimum absolute atomic E-state index is 0.0131. The molecule has 0 aromatic rings. The van der Waals surface area contributed by atoms with Gasteiger partial charge in [-0.15, -0.1) is 0 Å². The number of hydrogen-bond acceptors (Lipinski definition) is 3. The van der Waals surface area contributed by atoms with Crippen molar-refractivity contribution in [1.82, 2.24) is 10.9 Å². The van der Waals surface area contributed by atoms with Crippen molar-refractivity contribution in [2.75, 3.05) is 6.54 Å². The highest BCUT2D eigenvalue weighted by molar-refractivity contribution is 5.84. The van der Waals surface area contributed by atoms with Crippen molar-refractivity contribution in [3.05, 3.63) is 0 Å². The van der Waals surface area contributed by atoms with Gasteiger partial charge in [0.15, 0.2) is 0 Å². The Hall–Kier alpha value is -1.10. The third-order valence-electron chi connectivity index (χ3n) is 5.23. The van der Waals surface area contributed by atoms with Crippen LogP contribution in [-0.4, -0.2) is 18.4 Å². The second-order valence-electron chi connectivity index (χ2n) is 6.53. The fourth-order valence-electron chi connectivity index (χ4n) is 4.76. The zero-order valence-electron chi connectivity index (χ0n) is 11.2. The third kappa shape index (κ3) is 2.48. The molecule has 0 saturated heterocycles. The minimum atomic E-state index is -0.209. The normalized spacial score (nSPS) is 39.1. The largest absolute Gasteiger partial charge is 0.330 e. The lowest BCUT2D eigenvalue weighted by Gasteiger charge is -2.53. The average Bonchev–Trinajstić information content (AvgIpc) is 2.35. The Morgan fingerprint density at radius 1 is 0.947 bits per heavy atom. The minimum Gasteiger partial charge on any atom is -0.330 e. The number of nitrogens with one attached hydrogen (secondary N) is 2. The quantitative estimate of drug-likeness (QED) is 0.652. The van der Waals surface area contributed by atoms with Crippen molar-refractivity contribution in [1.29, 1.82) is 0 Å². The van der Waals surface area contributed by atoms with Gasteiger partial charge in [-0.3, -0.25) is 20.4 Å². The predicted octanol–water partition coefficient (Wildman–Crippen LogP) is 0.555. The molecule has 4 aliphatic carbocycles. The molecule has 0 aromatic carbocycles. The van der Waals surface area contributed by atoms with Crippen LogP contribution in [0, 0.1) is 29.6 Å². The molecule has 4 rings (SSSR count). The second kappa shape index (κ2) is 5.12. The van der Waals surface area contributed by atoms with Crippen LogP contribution >= 0.6 is 0 Å². The van der Waals surface area contributed by atoms with Crippen molar-refractivity contribution in [3.63, 3.8) is 0 Å². The molecular weight excluding hydrogens is 242 g/mol. The number of nitrogens with two attached hydrogens (primary N) is 1. The summed E-state index contributed by atoms with van der Waals surface area (Å²) in [6, 6.07) is 0. The Balaban J connectivity index is 1.57. The van der Waals surface area contributed by atoms with E-state index in [1.54, 1.807) is 0 Å². The summed E-state index contributed by atoms with van der Waals surface area (Å²) in [5.41, 5.74) is 10.4. The molecular formula is C14H23N3O2. The zero-order chi connectivity index (χ0) is 13.4. The molecule has 0 spiro atoms. The molecule has 5 heteroatoms. The van der Waals surface area contributed by atoms with Gasteiger partial charge in [-0.1, -0.05) is 0 Å². The molecule has 4 N–H and O–H groups in total. The van der Waals surface area contributed by atoms with E-state index < -0.39 is 0 Å². The van der Waals surface area contributed by atoms with Crippen LogP contribution in [0.2, 0.25) is 0 Å². The number of rotatable bonds is 3. The summed E-state index contributed by atoms with van der Waals surface area (Å²) < 4.78 is 0. The van der Waals surface area contributed by atoms with Crippen LogP contribution < -0.4 is 16.6 Å². The summed E-state index contributed by atoms with van der Waals surface area (Å²) in [4.78, 5) is 23.6. The zero-order valence-corrected chi connectivity index (χ0v) is 11.2. The fourth-order valence-corrected chi connectivity index (χ4v) is 4.76. The van der Waals surface area contributed by atoms with E-state index in [2.05, 4.69) is 10.9 Å². The summed E-state index contributed by atoms with van der Waals surface area (Å²) in [5.74, 6) is 2.73. The highest BCUT2D eigenvalue weighted by atomic mass is 16.2. The highest BCUT2D eigenvalue weighted by Gasteiger charge is 2.50. The Labute approximate surface area is 113 Å². The molecule has 4 fully saturated rings. The molecule has 2 amide bonds.